The Balaban J connectivity index is 1.51. The fourth-order valence-electron chi connectivity index (χ4n) is 3.60. The van der Waals surface area contributed by atoms with Gasteiger partial charge in [0, 0.05) is 20.1 Å². The van der Waals surface area contributed by atoms with Gasteiger partial charge in [-0.3, -0.25) is 9.48 Å². The first-order chi connectivity index (χ1) is 14.1. The largest absolute Gasteiger partial charge is 0.454 e. The number of hydrogen-bond acceptors (Lipinski definition) is 4. The number of hydrogen-bond donors (Lipinski definition) is 0. The fraction of sp³-hybridized carbons (Fsp3) is 0.304. The van der Waals surface area contributed by atoms with Gasteiger partial charge in [0.15, 0.2) is 11.5 Å². The molecule has 0 unspecified atom stereocenters. The van der Waals surface area contributed by atoms with E-state index >= 15 is 0 Å². The first-order valence-corrected chi connectivity index (χ1v) is 9.82. The summed E-state index contributed by atoms with van der Waals surface area (Å²) in [4.78, 5) is 15.2. The molecule has 0 saturated heterocycles. The van der Waals surface area contributed by atoms with Gasteiger partial charge in [0.25, 0.3) is 5.91 Å². The zero-order chi connectivity index (χ0) is 20.2. The van der Waals surface area contributed by atoms with Crippen LogP contribution in [0.3, 0.4) is 0 Å². The molecular formula is C23H25N3O3. The Morgan fingerprint density at radius 3 is 2.62 bits per heavy atom. The number of fused-ring (bicyclic) bond motifs is 1. The van der Waals surface area contributed by atoms with Gasteiger partial charge in [-0.25, -0.2) is 0 Å². The molecular weight excluding hydrogens is 366 g/mol. The third kappa shape index (κ3) is 4.42. The third-order valence-electron chi connectivity index (χ3n) is 5.06. The summed E-state index contributed by atoms with van der Waals surface area (Å²) < 4.78 is 12.5. The number of rotatable bonds is 7. The fourth-order valence-corrected chi connectivity index (χ4v) is 3.60. The van der Waals surface area contributed by atoms with Crippen LogP contribution in [0.5, 0.6) is 11.5 Å². The minimum absolute atomic E-state index is 0.0150. The summed E-state index contributed by atoms with van der Waals surface area (Å²) in [5.41, 5.74) is 3.73. The van der Waals surface area contributed by atoms with Crippen LogP contribution in [0, 0.1) is 6.92 Å². The van der Waals surface area contributed by atoms with Crippen molar-refractivity contribution in [2.75, 3.05) is 13.3 Å². The van der Waals surface area contributed by atoms with Crippen molar-refractivity contribution in [2.45, 2.75) is 26.3 Å². The van der Waals surface area contributed by atoms with Crippen molar-refractivity contribution in [1.82, 2.24) is 14.7 Å². The van der Waals surface area contributed by atoms with E-state index in [1.165, 1.54) is 5.56 Å². The molecule has 0 radical (unpaired) electrons. The van der Waals surface area contributed by atoms with Crippen molar-refractivity contribution in [3.8, 4) is 11.5 Å². The van der Waals surface area contributed by atoms with Gasteiger partial charge in [0.1, 0.15) is 5.69 Å². The molecule has 0 N–H and O–H groups in total. The number of aryl methyl sites for hydroxylation is 3. The molecule has 0 bridgehead atoms. The topological polar surface area (TPSA) is 56.6 Å². The van der Waals surface area contributed by atoms with Crippen LogP contribution in [0.15, 0.2) is 54.6 Å². The van der Waals surface area contributed by atoms with Gasteiger partial charge < -0.3 is 14.4 Å². The predicted molar refractivity (Wildman–Crippen MR) is 110 cm³/mol. The predicted octanol–water partition coefficient (Wildman–Crippen LogP) is 3.73. The van der Waals surface area contributed by atoms with Crippen molar-refractivity contribution < 1.29 is 14.3 Å². The molecule has 2 heterocycles. The van der Waals surface area contributed by atoms with Crippen molar-refractivity contribution in [3.63, 3.8) is 0 Å². The summed E-state index contributed by atoms with van der Waals surface area (Å²) in [5.74, 6) is 1.47. The Morgan fingerprint density at radius 1 is 1.07 bits per heavy atom. The summed E-state index contributed by atoms with van der Waals surface area (Å²) in [6.45, 7) is 3.31. The van der Waals surface area contributed by atoms with Gasteiger partial charge in [-0.15, -0.1) is 0 Å². The molecule has 0 spiro atoms. The van der Waals surface area contributed by atoms with Gasteiger partial charge in [0.05, 0.1) is 5.69 Å². The van der Waals surface area contributed by atoms with E-state index in [1.807, 2.05) is 61.3 Å². The van der Waals surface area contributed by atoms with Gasteiger partial charge in [0.2, 0.25) is 6.79 Å². The van der Waals surface area contributed by atoms with Crippen LogP contribution in [0.25, 0.3) is 0 Å². The Labute approximate surface area is 170 Å². The summed E-state index contributed by atoms with van der Waals surface area (Å²) in [7, 11) is 1.81. The van der Waals surface area contributed by atoms with Crippen LogP contribution < -0.4 is 9.47 Å². The second-order valence-corrected chi connectivity index (χ2v) is 7.30. The molecule has 4 rings (SSSR count). The monoisotopic (exact) mass is 391 g/mol. The van der Waals surface area contributed by atoms with Gasteiger partial charge in [-0.05, 0) is 49.1 Å². The quantitative estimate of drug-likeness (QED) is 0.616. The first-order valence-electron chi connectivity index (χ1n) is 9.82. The first kappa shape index (κ1) is 19.1. The van der Waals surface area contributed by atoms with Crippen LogP contribution >= 0.6 is 0 Å². The Morgan fingerprint density at radius 2 is 1.86 bits per heavy atom. The van der Waals surface area contributed by atoms with Crippen LogP contribution in [0.4, 0.5) is 0 Å². The van der Waals surface area contributed by atoms with Crippen LogP contribution in [0.1, 0.15) is 33.7 Å². The zero-order valence-electron chi connectivity index (χ0n) is 16.8. The minimum atomic E-state index is -0.0150. The van der Waals surface area contributed by atoms with Crippen LogP contribution in [0.2, 0.25) is 0 Å². The Bertz CT molecular complexity index is 998. The lowest BCUT2D eigenvalue weighted by molar-refractivity contribution is 0.0730. The van der Waals surface area contributed by atoms with E-state index in [9.17, 15) is 4.79 Å². The maximum absolute atomic E-state index is 13.3. The molecule has 1 aliphatic heterocycles. The second-order valence-electron chi connectivity index (χ2n) is 7.30. The smallest absolute Gasteiger partial charge is 0.272 e. The lowest BCUT2D eigenvalue weighted by Crippen LogP contribution is -2.33. The van der Waals surface area contributed by atoms with Crippen molar-refractivity contribution >= 4 is 5.91 Å². The molecule has 1 amide bonds. The highest BCUT2D eigenvalue weighted by atomic mass is 16.7. The molecule has 1 aliphatic rings. The number of amides is 1. The molecule has 0 fully saturated rings. The molecule has 29 heavy (non-hydrogen) atoms. The SMILES string of the molecule is Cc1cc(C(=O)N(CCCc2ccccc2)Cc2ccc3c(c2)OCO3)n(C)n1. The van der Waals surface area contributed by atoms with E-state index < -0.39 is 0 Å². The average molecular weight is 391 g/mol. The Hall–Kier alpha value is -3.28. The van der Waals surface area contributed by atoms with E-state index in [0.29, 0.717) is 18.8 Å². The van der Waals surface area contributed by atoms with Gasteiger partial charge in [-0.2, -0.15) is 5.10 Å². The molecule has 150 valence electrons. The normalized spacial score (nSPS) is 12.2. The maximum atomic E-state index is 13.3. The van der Waals surface area contributed by atoms with Crippen LogP contribution in [-0.2, 0) is 20.0 Å². The Kier molecular flexibility index (Phi) is 5.51. The number of carbonyl (C=O) groups excluding carboxylic acids is 1. The molecule has 6 heteroatoms. The van der Waals surface area contributed by atoms with Crippen LogP contribution in [-0.4, -0.2) is 33.9 Å². The van der Waals surface area contributed by atoms with E-state index in [4.69, 9.17) is 9.47 Å². The zero-order valence-corrected chi connectivity index (χ0v) is 16.8. The molecule has 0 atom stereocenters. The minimum Gasteiger partial charge on any atom is -0.454 e. The highest BCUT2D eigenvalue weighted by Crippen LogP contribution is 2.33. The molecule has 0 saturated carbocycles. The second kappa shape index (κ2) is 8.39. The lowest BCUT2D eigenvalue weighted by atomic mass is 10.1. The highest BCUT2D eigenvalue weighted by Gasteiger charge is 2.21. The van der Waals surface area contributed by atoms with E-state index in [0.717, 1.165) is 35.6 Å². The van der Waals surface area contributed by atoms with Gasteiger partial charge >= 0.3 is 0 Å². The summed E-state index contributed by atoms with van der Waals surface area (Å²) in [6.07, 6.45) is 1.81. The molecule has 0 aliphatic carbocycles. The number of nitrogens with zero attached hydrogens (tertiary/aromatic N) is 3. The van der Waals surface area contributed by atoms with Gasteiger partial charge in [-0.1, -0.05) is 36.4 Å². The van der Waals surface area contributed by atoms with E-state index in [2.05, 4.69) is 17.2 Å². The van der Waals surface area contributed by atoms with Crippen molar-refractivity contribution in [2.24, 2.45) is 7.05 Å². The standard InChI is InChI=1S/C23H25N3O3/c1-17-13-20(25(2)24-17)23(27)26(12-6-9-18-7-4-3-5-8-18)15-19-10-11-21-22(14-19)29-16-28-21/h3-5,7-8,10-11,13-14H,6,9,12,15-16H2,1-2H3. The van der Waals surface area contributed by atoms with Crippen molar-refractivity contribution in [3.05, 3.63) is 77.1 Å². The number of aromatic nitrogens is 2. The molecule has 2 aromatic carbocycles. The summed E-state index contributed by atoms with van der Waals surface area (Å²) >= 11 is 0. The lowest BCUT2D eigenvalue weighted by Gasteiger charge is -2.23. The molecule has 6 nitrogen and oxygen atoms in total. The summed E-state index contributed by atoms with van der Waals surface area (Å²) in [5, 5.41) is 4.33. The van der Waals surface area contributed by atoms with E-state index in [1.54, 1.807) is 4.68 Å². The number of carbonyl (C=O) groups is 1. The van der Waals surface area contributed by atoms with E-state index in [-0.39, 0.29) is 12.7 Å². The average Bonchev–Trinajstić information content (AvgIpc) is 3.32. The van der Waals surface area contributed by atoms with Crippen molar-refractivity contribution in [1.29, 1.82) is 0 Å². The third-order valence-corrected chi connectivity index (χ3v) is 5.06. The number of ether oxygens (including phenoxy) is 2. The molecule has 1 aromatic heterocycles. The maximum Gasteiger partial charge on any atom is 0.272 e. The molecule has 3 aromatic rings. The number of benzene rings is 2. The highest BCUT2D eigenvalue weighted by molar-refractivity contribution is 5.92. The summed E-state index contributed by atoms with van der Waals surface area (Å²) in [6, 6.07) is 18.0.